The van der Waals surface area contributed by atoms with E-state index >= 15 is 0 Å². The maximum Gasteiger partial charge on any atom is 0.242 e. The molecule has 19 heavy (non-hydrogen) atoms. The summed E-state index contributed by atoms with van der Waals surface area (Å²) in [5.74, 6) is 0.850. The minimum atomic E-state index is -0.148. The molecule has 1 saturated heterocycles. The number of amides is 1. The third-order valence-electron chi connectivity index (χ3n) is 3.61. The number of hydrogen-bond acceptors (Lipinski definition) is 4. The first-order valence-electron chi connectivity index (χ1n) is 6.45. The summed E-state index contributed by atoms with van der Waals surface area (Å²) >= 11 is 3.55. The Morgan fingerprint density at radius 1 is 1.58 bits per heavy atom. The van der Waals surface area contributed by atoms with E-state index in [-0.39, 0.29) is 11.9 Å². The van der Waals surface area contributed by atoms with Gasteiger partial charge in [0.05, 0.1) is 16.4 Å². The summed E-state index contributed by atoms with van der Waals surface area (Å²) in [6.45, 7) is 2.79. The van der Waals surface area contributed by atoms with Gasteiger partial charge in [-0.2, -0.15) is 0 Å². The van der Waals surface area contributed by atoms with E-state index in [4.69, 9.17) is 5.73 Å². The normalized spacial score (nSPS) is 19.3. The van der Waals surface area contributed by atoms with E-state index in [2.05, 4.69) is 31.1 Å². The highest BCUT2D eigenvalue weighted by molar-refractivity contribution is 9.10. The number of halogens is 1. The van der Waals surface area contributed by atoms with Crippen molar-refractivity contribution in [2.75, 3.05) is 24.2 Å². The molecule has 2 heterocycles. The van der Waals surface area contributed by atoms with E-state index in [0.29, 0.717) is 5.69 Å². The summed E-state index contributed by atoms with van der Waals surface area (Å²) in [6, 6.07) is -0.148. The van der Waals surface area contributed by atoms with Crippen molar-refractivity contribution in [3.8, 4) is 0 Å². The lowest BCUT2D eigenvalue weighted by molar-refractivity contribution is -0.122. The average Bonchev–Trinajstić information content (AvgIpc) is 2.44. The van der Waals surface area contributed by atoms with E-state index in [9.17, 15) is 4.79 Å². The van der Waals surface area contributed by atoms with Gasteiger partial charge in [-0.05, 0) is 47.7 Å². The summed E-state index contributed by atoms with van der Waals surface area (Å²) in [6.07, 6.45) is 4.66. The quantitative estimate of drug-likeness (QED) is 0.869. The lowest BCUT2D eigenvalue weighted by Crippen LogP contribution is -2.49. The van der Waals surface area contributed by atoms with Gasteiger partial charge in [0.25, 0.3) is 0 Å². The van der Waals surface area contributed by atoms with E-state index in [0.717, 1.165) is 41.7 Å². The van der Waals surface area contributed by atoms with Gasteiger partial charge >= 0.3 is 0 Å². The van der Waals surface area contributed by atoms with Crippen LogP contribution in [0.3, 0.4) is 0 Å². The molecule has 0 bridgehead atoms. The summed E-state index contributed by atoms with van der Waals surface area (Å²) in [7, 11) is 1.67. The monoisotopic (exact) mass is 326 g/mol. The van der Waals surface area contributed by atoms with Crippen LogP contribution in [0.15, 0.2) is 10.7 Å². The fraction of sp³-hybridized carbons (Fsp3) is 0.538. The molecule has 5 nitrogen and oxygen atoms in total. The number of pyridine rings is 1. The molecule has 104 valence electrons. The number of hydrogen-bond donors (Lipinski definition) is 2. The van der Waals surface area contributed by atoms with Gasteiger partial charge in [-0.25, -0.2) is 4.98 Å². The maximum atomic E-state index is 12.0. The Hall–Kier alpha value is -1.30. The predicted molar refractivity (Wildman–Crippen MR) is 80.1 cm³/mol. The second-order valence-electron chi connectivity index (χ2n) is 4.80. The molecule has 0 spiro atoms. The molecular formula is C13H19BrN4O. The zero-order valence-corrected chi connectivity index (χ0v) is 12.8. The van der Waals surface area contributed by atoms with Gasteiger partial charge in [0.2, 0.25) is 5.91 Å². The van der Waals surface area contributed by atoms with Gasteiger partial charge in [0, 0.05) is 13.6 Å². The first kappa shape index (κ1) is 14.1. The number of nitrogens with one attached hydrogen (secondary N) is 1. The first-order valence-corrected chi connectivity index (χ1v) is 7.24. The number of rotatable bonds is 2. The van der Waals surface area contributed by atoms with Crippen LogP contribution in [0, 0.1) is 6.92 Å². The molecule has 1 aliphatic heterocycles. The second kappa shape index (κ2) is 5.77. The summed E-state index contributed by atoms with van der Waals surface area (Å²) in [5.41, 5.74) is 7.47. The van der Waals surface area contributed by atoms with Crippen LogP contribution in [-0.4, -0.2) is 30.5 Å². The Balaban J connectivity index is 2.38. The molecule has 1 aromatic rings. The van der Waals surface area contributed by atoms with Crippen molar-refractivity contribution in [2.24, 2.45) is 0 Å². The number of nitrogen functional groups attached to an aromatic ring is 1. The predicted octanol–water partition coefficient (Wildman–Crippen LogP) is 1.84. The van der Waals surface area contributed by atoms with E-state index in [1.807, 2.05) is 6.92 Å². The Kier molecular flexibility index (Phi) is 4.29. The number of carbonyl (C=O) groups is 1. The van der Waals surface area contributed by atoms with Crippen LogP contribution in [0.4, 0.5) is 11.5 Å². The standard InChI is InChI=1S/C13H19BrN4O/c1-8-9(15)7-17-12(11(8)14)18-6-4-3-5-10(18)13(19)16-2/h7,10H,3-6,15H2,1-2H3,(H,16,19). The fourth-order valence-electron chi connectivity index (χ4n) is 2.40. The number of nitrogens with zero attached hydrogens (tertiary/aromatic N) is 2. The van der Waals surface area contributed by atoms with Gasteiger partial charge in [-0.15, -0.1) is 0 Å². The third kappa shape index (κ3) is 2.68. The topological polar surface area (TPSA) is 71.2 Å². The molecule has 6 heteroatoms. The lowest BCUT2D eigenvalue weighted by atomic mass is 10.0. The van der Waals surface area contributed by atoms with Crippen molar-refractivity contribution in [3.05, 3.63) is 16.2 Å². The van der Waals surface area contributed by atoms with Crippen LogP contribution >= 0.6 is 15.9 Å². The molecule has 1 atom stereocenters. The zero-order chi connectivity index (χ0) is 14.0. The number of piperidine rings is 1. The SMILES string of the molecule is CNC(=O)C1CCCCN1c1ncc(N)c(C)c1Br. The van der Waals surface area contributed by atoms with E-state index < -0.39 is 0 Å². The van der Waals surface area contributed by atoms with Crippen LogP contribution in [0.2, 0.25) is 0 Å². The molecule has 1 aromatic heterocycles. The Bertz CT molecular complexity index is 492. The molecule has 1 unspecified atom stereocenters. The van der Waals surface area contributed by atoms with Gasteiger partial charge < -0.3 is 16.0 Å². The van der Waals surface area contributed by atoms with Crippen LogP contribution < -0.4 is 16.0 Å². The molecular weight excluding hydrogens is 308 g/mol. The van der Waals surface area contributed by atoms with E-state index in [1.54, 1.807) is 13.2 Å². The number of likely N-dealkylation sites (N-methyl/N-ethyl adjacent to an activating group) is 1. The van der Waals surface area contributed by atoms with Crippen molar-refractivity contribution < 1.29 is 4.79 Å². The fourth-order valence-corrected chi connectivity index (χ4v) is 2.96. The molecule has 1 aliphatic rings. The molecule has 0 aliphatic carbocycles. The minimum absolute atomic E-state index is 0.0443. The molecule has 2 rings (SSSR count). The molecule has 0 radical (unpaired) electrons. The smallest absolute Gasteiger partial charge is 0.242 e. The lowest BCUT2D eigenvalue weighted by Gasteiger charge is -2.36. The van der Waals surface area contributed by atoms with Crippen molar-refractivity contribution in [1.82, 2.24) is 10.3 Å². The highest BCUT2D eigenvalue weighted by atomic mass is 79.9. The third-order valence-corrected chi connectivity index (χ3v) is 4.56. The average molecular weight is 327 g/mol. The van der Waals surface area contributed by atoms with Crippen LogP contribution in [0.5, 0.6) is 0 Å². The maximum absolute atomic E-state index is 12.0. The van der Waals surface area contributed by atoms with Crippen molar-refractivity contribution in [2.45, 2.75) is 32.2 Å². The molecule has 0 aromatic carbocycles. The molecule has 1 amide bonds. The Labute approximate surface area is 121 Å². The Morgan fingerprint density at radius 2 is 2.32 bits per heavy atom. The second-order valence-corrected chi connectivity index (χ2v) is 5.59. The molecule has 0 saturated carbocycles. The van der Waals surface area contributed by atoms with Crippen LogP contribution in [0.25, 0.3) is 0 Å². The van der Waals surface area contributed by atoms with Gasteiger partial charge in [-0.1, -0.05) is 0 Å². The van der Waals surface area contributed by atoms with Gasteiger partial charge in [0.1, 0.15) is 11.9 Å². The number of aromatic nitrogens is 1. The zero-order valence-electron chi connectivity index (χ0n) is 11.2. The van der Waals surface area contributed by atoms with Crippen molar-refractivity contribution in [3.63, 3.8) is 0 Å². The van der Waals surface area contributed by atoms with Crippen LogP contribution in [-0.2, 0) is 4.79 Å². The van der Waals surface area contributed by atoms with Crippen molar-refractivity contribution in [1.29, 1.82) is 0 Å². The van der Waals surface area contributed by atoms with Gasteiger partial charge in [0.15, 0.2) is 0 Å². The largest absolute Gasteiger partial charge is 0.397 e. The summed E-state index contributed by atoms with van der Waals surface area (Å²) in [4.78, 5) is 18.5. The highest BCUT2D eigenvalue weighted by Crippen LogP contribution is 2.33. The van der Waals surface area contributed by atoms with E-state index in [1.165, 1.54) is 0 Å². The molecule has 1 fully saturated rings. The minimum Gasteiger partial charge on any atom is -0.397 e. The summed E-state index contributed by atoms with van der Waals surface area (Å²) in [5, 5.41) is 2.73. The molecule has 3 N–H and O–H groups in total. The number of anilines is 2. The van der Waals surface area contributed by atoms with Crippen LogP contribution in [0.1, 0.15) is 24.8 Å². The number of nitrogens with two attached hydrogens (primary N) is 1. The van der Waals surface area contributed by atoms with Crippen molar-refractivity contribution >= 4 is 33.3 Å². The van der Waals surface area contributed by atoms with Gasteiger partial charge in [-0.3, -0.25) is 4.79 Å². The Morgan fingerprint density at radius 3 is 3.00 bits per heavy atom. The first-order chi connectivity index (χ1) is 9.06. The number of carbonyl (C=O) groups excluding carboxylic acids is 1. The summed E-state index contributed by atoms with van der Waals surface area (Å²) < 4.78 is 0.878. The highest BCUT2D eigenvalue weighted by Gasteiger charge is 2.30.